The topological polar surface area (TPSA) is 49.9 Å². The van der Waals surface area contributed by atoms with Crippen molar-refractivity contribution in [1.29, 1.82) is 0 Å². The van der Waals surface area contributed by atoms with Crippen LogP contribution in [0, 0.1) is 5.92 Å². The van der Waals surface area contributed by atoms with Crippen molar-refractivity contribution in [3.63, 3.8) is 0 Å². The van der Waals surface area contributed by atoms with E-state index in [1.807, 2.05) is 54.4 Å². The number of piperazine rings is 1. The fraction of sp³-hybridized carbons (Fsp3) is 0.385. The van der Waals surface area contributed by atoms with Gasteiger partial charge in [-0.3, -0.25) is 9.59 Å². The monoisotopic (exact) mass is 418 g/mol. The number of methoxy groups -OCH3 is 1. The minimum Gasteiger partial charge on any atom is -0.496 e. The molecule has 162 valence electrons. The first-order valence-corrected chi connectivity index (χ1v) is 11.0. The summed E-state index contributed by atoms with van der Waals surface area (Å²) in [6.07, 6.45) is 7.32. The standard InChI is InChI=1S/C26H30N2O3/c1-27-15-16-28(25(29)17-19-9-3-4-10-19)23(26(27)30)18-20-11-5-6-12-21(20)22-13-7-8-14-24(22)31-2/h3,5-9,11-14,19,23H,4,10,15-18H2,1-2H3. The van der Waals surface area contributed by atoms with Gasteiger partial charge in [-0.05, 0) is 36.0 Å². The highest BCUT2D eigenvalue weighted by molar-refractivity contribution is 5.89. The summed E-state index contributed by atoms with van der Waals surface area (Å²) in [4.78, 5) is 29.9. The SMILES string of the molecule is COc1ccccc1-c1ccccc1CC1C(=O)N(C)CCN1C(=O)CC1C=CCC1. The number of likely N-dealkylation sites (N-methyl/N-ethyl adjacent to an activating group) is 1. The van der Waals surface area contributed by atoms with E-state index < -0.39 is 6.04 Å². The second kappa shape index (κ2) is 9.38. The fourth-order valence-electron chi connectivity index (χ4n) is 4.65. The van der Waals surface area contributed by atoms with Crippen LogP contribution >= 0.6 is 0 Å². The van der Waals surface area contributed by atoms with Crippen molar-refractivity contribution in [1.82, 2.24) is 9.80 Å². The minimum absolute atomic E-state index is 0.0105. The van der Waals surface area contributed by atoms with E-state index in [1.54, 1.807) is 12.0 Å². The van der Waals surface area contributed by atoms with E-state index in [2.05, 4.69) is 18.2 Å². The molecule has 0 saturated carbocycles. The third-order valence-electron chi connectivity index (χ3n) is 6.41. The Morgan fingerprint density at radius 1 is 1.06 bits per heavy atom. The molecule has 2 amide bonds. The van der Waals surface area contributed by atoms with E-state index in [4.69, 9.17) is 4.74 Å². The lowest BCUT2D eigenvalue weighted by Crippen LogP contribution is -2.58. The molecule has 5 heteroatoms. The van der Waals surface area contributed by atoms with E-state index in [0.717, 1.165) is 35.3 Å². The van der Waals surface area contributed by atoms with Crippen LogP contribution in [0.1, 0.15) is 24.8 Å². The van der Waals surface area contributed by atoms with Crippen molar-refractivity contribution in [2.24, 2.45) is 5.92 Å². The molecule has 1 heterocycles. The molecule has 1 aliphatic carbocycles. The molecule has 2 aromatic rings. The largest absolute Gasteiger partial charge is 0.496 e. The number of para-hydroxylation sites is 1. The molecule has 4 rings (SSSR count). The number of hydrogen-bond donors (Lipinski definition) is 0. The second-order valence-electron chi connectivity index (χ2n) is 8.39. The fourth-order valence-corrected chi connectivity index (χ4v) is 4.65. The van der Waals surface area contributed by atoms with Gasteiger partial charge in [0.05, 0.1) is 7.11 Å². The summed E-state index contributed by atoms with van der Waals surface area (Å²) in [6.45, 7) is 1.16. The highest BCUT2D eigenvalue weighted by atomic mass is 16.5. The molecule has 0 bridgehead atoms. The summed E-state index contributed by atoms with van der Waals surface area (Å²) < 4.78 is 5.57. The van der Waals surface area contributed by atoms with Gasteiger partial charge in [-0.25, -0.2) is 0 Å². The zero-order chi connectivity index (χ0) is 21.8. The Kier molecular flexibility index (Phi) is 6.40. The van der Waals surface area contributed by atoms with E-state index in [0.29, 0.717) is 31.8 Å². The number of nitrogens with zero attached hydrogens (tertiary/aromatic N) is 2. The molecule has 2 aromatic carbocycles. The van der Waals surface area contributed by atoms with Crippen molar-refractivity contribution in [3.8, 4) is 16.9 Å². The van der Waals surface area contributed by atoms with Crippen molar-refractivity contribution >= 4 is 11.8 Å². The van der Waals surface area contributed by atoms with Crippen molar-refractivity contribution in [2.45, 2.75) is 31.7 Å². The average molecular weight is 419 g/mol. The molecule has 0 aromatic heterocycles. The molecule has 1 fully saturated rings. The van der Waals surface area contributed by atoms with Crippen LogP contribution in [0.3, 0.4) is 0 Å². The predicted octanol–water partition coefficient (Wildman–Crippen LogP) is 3.93. The zero-order valence-electron chi connectivity index (χ0n) is 18.3. The summed E-state index contributed by atoms with van der Waals surface area (Å²) in [6, 6.07) is 15.5. The van der Waals surface area contributed by atoms with E-state index in [-0.39, 0.29) is 11.8 Å². The lowest BCUT2D eigenvalue weighted by molar-refractivity contribution is -0.150. The van der Waals surface area contributed by atoms with Crippen LogP contribution in [0.25, 0.3) is 11.1 Å². The summed E-state index contributed by atoms with van der Waals surface area (Å²) in [5.74, 6) is 1.18. The van der Waals surface area contributed by atoms with Gasteiger partial charge in [0.1, 0.15) is 11.8 Å². The number of amides is 2. The number of rotatable bonds is 6. The zero-order valence-corrected chi connectivity index (χ0v) is 18.3. The van der Waals surface area contributed by atoms with Crippen LogP contribution in [0.2, 0.25) is 0 Å². The van der Waals surface area contributed by atoms with Crippen LogP contribution in [0.4, 0.5) is 0 Å². The molecule has 2 aliphatic rings. The maximum Gasteiger partial charge on any atom is 0.245 e. The van der Waals surface area contributed by atoms with E-state index >= 15 is 0 Å². The molecular weight excluding hydrogens is 388 g/mol. The van der Waals surface area contributed by atoms with Gasteiger partial charge in [0.2, 0.25) is 11.8 Å². The number of hydrogen-bond acceptors (Lipinski definition) is 3. The van der Waals surface area contributed by atoms with Crippen LogP contribution in [0.5, 0.6) is 5.75 Å². The van der Waals surface area contributed by atoms with Gasteiger partial charge in [0.25, 0.3) is 0 Å². The van der Waals surface area contributed by atoms with E-state index in [9.17, 15) is 9.59 Å². The number of benzene rings is 2. The van der Waals surface area contributed by atoms with Gasteiger partial charge >= 0.3 is 0 Å². The summed E-state index contributed by atoms with van der Waals surface area (Å²) in [7, 11) is 3.49. The Hall–Kier alpha value is -3.08. The van der Waals surface area contributed by atoms with Gasteiger partial charge in [0, 0.05) is 38.5 Å². The van der Waals surface area contributed by atoms with Crippen LogP contribution in [0.15, 0.2) is 60.7 Å². The number of carbonyl (C=O) groups excluding carboxylic acids is 2. The highest BCUT2D eigenvalue weighted by Crippen LogP contribution is 2.33. The number of carbonyl (C=O) groups is 2. The Bertz CT molecular complexity index is 984. The van der Waals surface area contributed by atoms with Gasteiger partial charge in [-0.2, -0.15) is 0 Å². The number of allylic oxidation sites excluding steroid dienone is 2. The molecule has 5 nitrogen and oxygen atoms in total. The Morgan fingerprint density at radius 2 is 1.81 bits per heavy atom. The Morgan fingerprint density at radius 3 is 2.55 bits per heavy atom. The maximum atomic E-state index is 13.2. The molecular formula is C26H30N2O3. The third-order valence-corrected chi connectivity index (χ3v) is 6.41. The van der Waals surface area contributed by atoms with Crippen molar-refractivity contribution in [2.75, 3.05) is 27.2 Å². The van der Waals surface area contributed by atoms with Gasteiger partial charge in [-0.1, -0.05) is 54.6 Å². The van der Waals surface area contributed by atoms with Gasteiger partial charge < -0.3 is 14.5 Å². The highest BCUT2D eigenvalue weighted by Gasteiger charge is 2.36. The Labute approximate surface area is 184 Å². The maximum absolute atomic E-state index is 13.2. The number of ether oxygens (including phenoxy) is 1. The minimum atomic E-state index is -0.479. The Balaban J connectivity index is 1.63. The molecule has 1 aliphatic heterocycles. The van der Waals surface area contributed by atoms with Crippen LogP contribution < -0.4 is 4.74 Å². The van der Waals surface area contributed by atoms with Crippen molar-refractivity contribution in [3.05, 3.63) is 66.2 Å². The molecule has 0 spiro atoms. The predicted molar refractivity (Wildman–Crippen MR) is 122 cm³/mol. The summed E-state index contributed by atoms with van der Waals surface area (Å²) in [5.41, 5.74) is 3.07. The van der Waals surface area contributed by atoms with Gasteiger partial charge in [0.15, 0.2) is 0 Å². The van der Waals surface area contributed by atoms with Crippen LogP contribution in [-0.2, 0) is 16.0 Å². The third kappa shape index (κ3) is 4.50. The average Bonchev–Trinajstić information content (AvgIpc) is 3.30. The molecule has 31 heavy (non-hydrogen) atoms. The summed E-state index contributed by atoms with van der Waals surface area (Å²) >= 11 is 0. The lowest BCUT2D eigenvalue weighted by atomic mass is 9.92. The second-order valence-corrected chi connectivity index (χ2v) is 8.39. The first-order chi connectivity index (χ1) is 15.1. The normalized spacial score (nSPS) is 20.9. The molecule has 0 radical (unpaired) electrons. The molecule has 2 unspecified atom stereocenters. The molecule has 2 atom stereocenters. The lowest BCUT2D eigenvalue weighted by Gasteiger charge is -2.40. The quantitative estimate of drug-likeness (QED) is 0.668. The van der Waals surface area contributed by atoms with Crippen LogP contribution in [-0.4, -0.2) is 54.9 Å². The first-order valence-electron chi connectivity index (χ1n) is 11.0. The molecule has 0 N–H and O–H groups in total. The first kappa shape index (κ1) is 21.2. The van der Waals surface area contributed by atoms with Gasteiger partial charge in [-0.15, -0.1) is 0 Å². The summed E-state index contributed by atoms with van der Waals surface area (Å²) in [5, 5.41) is 0. The smallest absolute Gasteiger partial charge is 0.245 e. The van der Waals surface area contributed by atoms with E-state index in [1.165, 1.54) is 0 Å². The molecule has 1 saturated heterocycles. The van der Waals surface area contributed by atoms with Crippen molar-refractivity contribution < 1.29 is 14.3 Å².